The molecular weight excluding hydrogens is 287 g/mol. The lowest BCUT2D eigenvalue weighted by molar-refractivity contribution is -0.141. The van der Waals surface area contributed by atoms with Gasteiger partial charge in [0, 0.05) is 11.8 Å². The Labute approximate surface area is 117 Å². The van der Waals surface area contributed by atoms with Gasteiger partial charge in [-0.2, -0.15) is 13.2 Å². The van der Waals surface area contributed by atoms with Crippen molar-refractivity contribution < 1.29 is 27.8 Å². The summed E-state index contributed by atoms with van der Waals surface area (Å²) >= 11 is 0. The number of nitrogens with zero attached hydrogens (tertiary/aromatic N) is 1. The van der Waals surface area contributed by atoms with Gasteiger partial charge in [0.25, 0.3) is 0 Å². The molecular formula is C14H10F3NO3. The van der Waals surface area contributed by atoms with E-state index < -0.39 is 17.8 Å². The van der Waals surface area contributed by atoms with Crippen LogP contribution in [0.5, 0.6) is 5.75 Å². The number of pyridine rings is 1. The van der Waals surface area contributed by atoms with Gasteiger partial charge in [0.15, 0.2) is 0 Å². The number of benzene rings is 1. The number of aromatic nitrogens is 1. The lowest BCUT2D eigenvalue weighted by atomic mass is 10.0. The molecule has 0 atom stereocenters. The van der Waals surface area contributed by atoms with Gasteiger partial charge in [-0.25, -0.2) is 4.79 Å². The predicted molar refractivity (Wildman–Crippen MR) is 68.2 cm³/mol. The fourth-order valence-corrected chi connectivity index (χ4v) is 1.78. The number of aromatic carboxylic acids is 1. The van der Waals surface area contributed by atoms with Crippen LogP contribution in [0.1, 0.15) is 16.1 Å². The van der Waals surface area contributed by atoms with E-state index in [1.807, 2.05) is 0 Å². The number of rotatable bonds is 3. The Morgan fingerprint density at radius 2 is 1.86 bits per heavy atom. The largest absolute Gasteiger partial charge is 0.496 e. The van der Waals surface area contributed by atoms with E-state index >= 15 is 0 Å². The first-order chi connectivity index (χ1) is 9.82. The van der Waals surface area contributed by atoms with Gasteiger partial charge < -0.3 is 9.84 Å². The van der Waals surface area contributed by atoms with Crippen molar-refractivity contribution in [2.45, 2.75) is 6.18 Å². The van der Waals surface area contributed by atoms with Gasteiger partial charge in [-0.1, -0.05) is 12.1 Å². The first-order valence-corrected chi connectivity index (χ1v) is 5.78. The summed E-state index contributed by atoms with van der Waals surface area (Å²) in [7, 11) is 1.32. The molecule has 0 fully saturated rings. The Hall–Kier alpha value is -2.57. The lowest BCUT2D eigenvalue weighted by Crippen LogP contribution is -2.07. The van der Waals surface area contributed by atoms with Gasteiger partial charge >= 0.3 is 12.1 Å². The van der Waals surface area contributed by atoms with Crippen LogP contribution in [-0.4, -0.2) is 23.2 Å². The van der Waals surface area contributed by atoms with Crippen LogP contribution in [0.15, 0.2) is 36.5 Å². The molecule has 0 bridgehead atoms. The third-order valence-electron chi connectivity index (χ3n) is 2.82. The van der Waals surface area contributed by atoms with Crippen molar-refractivity contribution in [2.75, 3.05) is 7.11 Å². The topological polar surface area (TPSA) is 59.4 Å². The molecule has 1 heterocycles. The maximum atomic E-state index is 12.4. The number of methoxy groups -OCH3 is 1. The van der Waals surface area contributed by atoms with Crippen LogP contribution in [0, 0.1) is 0 Å². The monoisotopic (exact) mass is 297 g/mol. The zero-order valence-electron chi connectivity index (χ0n) is 10.8. The van der Waals surface area contributed by atoms with Gasteiger partial charge in [-0.15, -0.1) is 0 Å². The maximum Gasteiger partial charge on any atom is 0.433 e. The highest BCUT2D eigenvalue weighted by molar-refractivity contribution is 5.92. The van der Waals surface area contributed by atoms with Gasteiger partial charge in [-0.3, -0.25) is 4.98 Å². The van der Waals surface area contributed by atoms with E-state index in [0.29, 0.717) is 11.1 Å². The van der Waals surface area contributed by atoms with Crippen molar-refractivity contribution in [3.8, 4) is 16.9 Å². The number of hydrogen-bond donors (Lipinski definition) is 1. The van der Waals surface area contributed by atoms with Crippen molar-refractivity contribution in [3.05, 3.63) is 47.8 Å². The average molecular weight is 297 g/mol. The first-order valence-electron chi connectivity index (χ1n) is 5.78. The van der Waals surface area contributed by atoms with E-state index in [2.05, 4.69) is 4.98 Å². The van der Waals surface area contributed by atoms with E-state index in [1.165, 1.54) is 31.4 Å². The molecule has 0 unspecified atom stereocenters. The number of carbonyl (C=O) groups is 1. The molecule has 21 heavy (non-hydrogen) atoms. The molecule has 0 aliphatic heterocycles. The molecule has 2 aromatic rings. The quantitative estimate of drug-likeness (QED) is 0.942. The maximum absolute atomic E-state index is 12.4. The minimum absolute atomic E-state index is 0.0267. The molecule has 1 aromatic carbocycles. The SMILES string of the molecule is COc1cc(-c2ccc(C(F)(F)F)nc2)ccc1C(=O)O. The number of hydrogen-bond acceptors (Lipinski definition) is 3. The molecule has 1 aromatic heterocycles. The fraction of sp³-hybridized carbons (Fsp3) is 0.143. The third-order valence-corrected chi connectivity index (χ3v) is 2.82. The van der Waals surface area contributed by atoms with Gasteiger partial charge in [0.05, 0.1) is 7.11 Å². The number of alkyl halides is 3. The van der Waals surface area contributed by atoms with Crippen LogP contribution in [0.2, 0.25) is 0 Å². The normalized spacial score (nSPS) is 11.2. The van der Waals surface area contributed by atoms with E-state index in [0.717, 1.165) is 12.3 Å². The molecule has 2 rings (SSSR count). The second kappa shape index (κ2) is 5.43. The smallest absolute Gasteiger partial charge is 0.433 e. The Morgan fingerprint density at radius 1 is 1.19 bits per heavy atom. The van der Waals surface area contributed by atoms with Crippen molar-refractivity contribution in [1.82, 2.24) is 4.98 Å². The molecule has 0 aliphatic carbocycles. The van der Waals surface area contributed by atoms with Crippen LogP contribution in [-0.2, 0) is 6.18 Å². The summed E-state index contributed by atoms with van der Waals surface area (Å²) in [5.74, 6) is -1.02. The minimum Gasteiger partial charge on any atom is -0.496 e. The highest BCUT2D eigenvalue weighted by Gasteiger charge is 2.32. The van der Waals surface area contributed by atoms with Crippen LogP contribution in [0.25, 0.3) is 11.1 Å². The molecule has 0 aliphatic rings. The summed E-state index contributed by atoms with van der Waals surface area (Å²) in [6.07, 6.45) is -3.42. The van der Waals surface area contributed by atoms with Crippen LogP contribution < -0.4 is 4.74 Å². The highest BCUT2D eigenvalue weighted by atomic mass is 19.4. The summed E-state index contributed by atoms with van der Waals surface area (Å²) < 4.78 is 42.3. The molecule has 0 saturated heterocycles. The average Bonchev–Trinajstić information content (AvgIpc) is 2.45. The van der Waals surface area contributed by atoms with Gasteiger partial charge in [0.2, 0.25) is 0 Å². The second-order valence-electron chi connectivity index (χ2n) is 4.15. The van der Waals surface area contributed by atoms with Crippen LogP contribution in [0.3, 0.4) is 0 Å². The van der Waals surface area contributed by atoms with E-state index in [9.17, 15) is 18.0 Å². The van der Waals surface area contributed by atoms with E-state index in [-0.39, 0.29) is 11.3 Å². The van der Waals surface area contributed by atoms with Gasteiger partial charge in [-0.05, 0) is 23.8 Å². The molecule has 0 saturated carbocycles. The predicted octanol–water partition coefficient (Wildman–Crippen LogP) is 3.47. The second-order valence-corrected chi connectivity index (χ2v) is 4.15. The Morgan fingerprint density at radius 3 is 2.33 bits per heavy atom. The first kappa shape index (κ1) is 14.8. The molecule has 0 amide bonds. The van der Waals surface area contributed by atoms with Crippen LogP contribution in [0.4, 0.5) is 13.2 Å². The van der Waals surface area contributed by atoms with Crippen molar-refractivity contribution >= 4 is 5.97 Å². The van der Waals surface area contributed by atoms with Crippen molar-refractivity contribution in [2.24, 2.45) is 0 Å². The zero-order valence-corrected chi connectivity index (χ0v) is 10.8. The molecule has 0 spiro atoms. The lowest BCUT2D eigenvalue weighted by Gasteiger charge is -2.09. The standard InChI is InChI=1S/C14H10F3NO3/c1-21-11-6-8(2-4-10(11)13(19)20)9-3-5-12(18-7-9)14(15,16)17/h2-7H,1H3,(H,19,20). The molecule has 4 nitrogen and oxygen atoms in total. The highest BCUT2D eigenvalue weighted by Crippen LogP contribution is 2.30. The Bertz CT molecular complexity index is 666. The molecule has 1 N–H and O–H groups in total. The van der Waals surface area contributed by atoms with Crippen molar-refractivity contribution in [3.63, 3.8) is 0 Å². The third kappa shape index (κ3) is 3.13. The Balaban J connectivity index is 2.41. The Kier molecular flexibility index (Phi) is 3.84. The molecule has 0 radical (unpaired) electrons. The molecule has 110 valence electrons. The summed E-state index contributed by atoms with van der Waals surface area (Å²) in [6.45, 7) is 0. The summed E-state index contributed by atoms with van der Waals surface area (Å²) in [5.41, 5.74) is -0.0715. The number of carboxylic acids is 1. The fourth-order valence-electron chi connectivity index (χ4n) is 1.78. The zero-order chi connectivity index (χ0) is 15.6. The number of carboxylic acid groups (broad SMARTS) is 1. The van der Waals surface area contributed by atoms with Gasteiger partial charge in [0.1, 0.15) is 17.0 Å². The summed E-state index contributed by atoms with van der Waals surface area (Å²) in [5, 5.41) is 8.97. The van der Waals surface area contributed by atoms with E-state index in [4.69, 9.17) is 9.84 Å². The van der Waals surface area contributed by atoms with Crippen molar-refractivity contribution in [1.29, 1.82) is 0 Å². The number of halogens is 3. The minimum atomic E-state index is -4.50. The summed E-state index contributed by atoms with van der Waals surface area (Å²) in [4.78, 5) is 14.3. The molecule has 7 heteroatoms. The number of ether oxygens (including phenoxy) is 1. The van der Waals surface area contributed by atoms with Crippen LogP contribution >= 0.6 is 0 Å². The van der Waals surface area contributed by atoms with E-state index in [1.54, 1.807) is 0 Å². The summed E-state index contributed by atoms with van der Waals surface area (Å²) in [6, 6.07) is 6.39.